The quantitative estimate of drug-likeness (QED) is 0.882. The highest BCUT2D eigenvalue weighted by atomic mass is 16.3. The molecule has 2 atom stereocenters. The van der Waals surface area contributed by atoms with Crippen molar-refractivity contribution in [2.45, 2.75) is 38.3 Å². The molecule has 0 aliphatic heterocycles. The van der Waals surface area contributed by atoms with Crippen molar-refractivity contribution < 1.29 is 5.11 Å². The molecule has 0 spiro atoms. The van der Waals surface area contributed by atoms with Gasteiger partial charge in [-0.15, -0.1) is 0 Å². The summed E-state index contributed by atoms with van der Waals surface area (Å²) in [6.45, 7) is 1.65. The minimum Gasteiger partial charge on any atom is -0.393 e. The van der Waals surface area contributed by atoms with Crippen LogP contribution in [0.2, 0.25) is 0 Å². The maximum atomic E-state index is 9.92. The smallest absolute Gasteiger partial charge is 0.137 e. The Hall–Kier alpha value is -1.39. The lowest BCUT2D eigenvalue weighted by molar-refractivity contribution is 0.0694. The van der Waals surface area contributed by atoms with Crippen molar-refractivity contribution in [2.24, 2.45) is 5.92 Å². The van der Waals surface area contributed by atoms with Crippen molar-refractivity contribution in [1.29, 1.82) is 0 Å². The largest absolute Gasteiger partial charge is 0.393 e. The van der Waals surface area contributed by atoms with Crippen molar-refractivity contribution in [1.82, 2.24) is 14.7 Å². The number of pyridine rings is 1. The summed E-state index contributed by atoms with van der Waals surface area (Å²) in [6, 6.07) is 6.01. The van der Waals surface area contributed by atoms with E-state index in [-0.39, 0.29) is 6.10 Å². The van der Waals surface area contributed by atoms with E-state index in [4.69, 9.17) is 0 Å². The van der Waals surface area contributed by atoms with Gasteiger partial charge in [-0.3, -0.25) is 0 Å². The first-order valence-electron chi connectivity index (χ1n) is 7.14. The minimum absolute atomic E-state index is 0.123. The number of fused-ring (bicyclic) bond motifs is 1. The molecule has 2 unspecified atom stereocenters. The Kier molecular flexibility index (Phi) is 3.80. The van der Waals surface area contributed by atoms with Crippen molar-refractivity contribution in [3.8, 4) is 0 Å². The summed E-state index contributed by atoms with van der Waals surface area (Å²) in [5.41, 5.74) is 2.04. The first kappa shape index (κ1) is 12.6. The summed E-state index contributed by atoms with van der Waals surface area (Å²) in [7, 11) is 0. The molecule has 3 rings (SSSR count). The van der Waals surface area contributed by atoms with E-state index < -0.39 is 0 Å². The molecule has 2 aromatic rings. The third-order valence-corrected chi connectivity index (χ3v) is 4.00. The number of nitrogens with zero attached hydrogens (tertiary/aromatic N) is 2. The molecular formula is C15H21N3O. The van der Waals surface area contributed by atoms with Gasteiger partial charge in [-0.05, 0) is 30.9 Å². The van der Waals surface area contributed by atoms with E-state index in [1.807, 2.05) is 28.8 Å². The molecule has 4 heteroatoms. The van der Waals surface area contributed by atoms with Gasteiger partial charge < -0.3 is 14.8 Å². The van der Waals surface area contributed by atoms with E-state index in [1.165, 1.54) is 12.8 Å². The fourth-order valence-electron chi connectivity index (χ4n) is 2.88. The number of hydrogen-bond acceptors (Lipinski definition) is 3. The lowest BCUT2D eigenvalue weighted by Gasteiger charge is -2.27. The van der Waals surface area contributed by atoms with Crippen LogP contribution in [0.15, 0.2) is 30.6 Å². The Bertz CT molecular complexity index is 504. The summed E-state index contributed by atoms with van der Waals surface area (Å²) in [4.78, 5) is 4.55. The zero-order valence-electron chi connectivity index (χ0n) is 11.1. The highest BCUT2D eigenvalue weighted by molar-refractivity contribution is 5.39. The molecule has 0 radical (unpaired) electrons. The molecule has 2 heterocycles. The van der Waals surface area contributed by atoms with Crippen molar-refractivity contribution >= 4 is 5.65 Å². The van der Waals surface area contributed by atoms with Crippen molar-refractivity contribution in [3.05, 3.63) is 36.3 Å². The predicted octanol–water partition coefficient (Wildman–Crippen LogP) is 1.98. The third kappa shape index (κ3) is 2.96. The van der Waals surface area contributed by atoms with Gasteiger partial charge in [0.25, 0.3) is 0 Å². The second-order valence-electron chi connectivity index (χ2n) is 5.44. The van der Waals surface area contributed by atoms with Gasteiger partial charge >= 0.3 is 0 Å². The SMILES string of the molecule is OC1CCCCC1CNCc1cn2ccccc2n1. The summed E-state index contributed by atoms with van der Waals surface area (Å²) < 4.78 is 2.03. The van der Waals surface area contributed by atoms with E-state index in [0.717, 1.165) is 37.3 Å². The van der Waals surface area contributed by atoms with Gasteiger partial charge in [-0.2, -0.15) is 0 Å². The van der Waals surface area contributed by atoms with Crippen molar-refractivity contribution in [2.75, 3.05) is 6.54 Å². The number of aromatic nitrogens is 2. The Morgan fingerprint density at radius 3 is 3.05 bits per heavy atom. The average molecular weight is 259 g/mol. The Balaban J connectivity index is 1.54. The molecule has 1 saturated carbocycles. The van der Waals surface area contributed by atoms with Crippen LogP contribution in [0, 0.1) is 5.92 Å². The van der Waals surface area contributed by atoms with E-state index in [9.17, 15) is 5.11 Å². The minimum atomic E-state index is -0.123. The van der Waals surface area contributed by atoms with Gasteiger partial charge in [0.2, 0.25) is 0 Å². The fraction of sp³-hybridized carbons (Fsp3) is 0.533. The van der Waals surface area contributed by atoms with Crippen LogP contribution >= 0.6 is 0 Å². The molecule has 0 amide bonds. The molecule has 2 aromatic heterocycles. The van der Waals surface area contributed by atoms with Crippen LogP contribution < -0.4 is 5.32 Å². The van der Waals surface area contributed by atoms with E-state index in [0.29, 0.717) is 5.92 Å². The molecule has 1 aliphatic carbocycles. The molecule has 19 heavy (non-hydrogen) atoms. The molecule has 0 aromatic carbocycles. The first-order chi connectivity index (χ1) is 9.33. The molecule has 1 fully saturated rings. The molecule has 0 saturated heterocycles. The van der Waals surface area contributed by atoms with E-state index in [2.05, 4.69) is 16.5 Å². The summed E-state index contributed by atoms with van der Waals surface area (Å²) in [5.74, 6) is 0.408. The van der Waals surface area contributed by atoms with Gasteiger partial charge in [-0.1, -0.05) is 18.9 Å². The van der Waals surface area contributed by atoms with Crippen LogP contribution in [0.4, 0.5) is 0 Å². The second kappa shape index (κ2) is 5.72. The van der Waals surface area contributed by atoms with Crippen LogP contribution in [0.1, 0.15) is 31.4 Å². The molecule has 0 bridgehead atoms. The lowest BCUT2D eigenvalue weighted by atomic mass is 9.86. The van der Waals surface area contributed by atoms with Gasteiger partial charge in [0.05, 0.1) is 11.8 Å². The number of aliphatic hydroxyl groups is 1. The number of rotatable bonds is 4. The van der Waals surface area contributed by atoms with Crippen molar-refractivity contribution in [3.63, 3.8) is 0 Å². The number of nitrogens with one attached hydrogen (secondary N) is 1. The lowest BCUT2D eigenvalue weighted by Crippen LogP contribution is -2.33. The fourth-order valence-corrected chi connectivity index (χ4v) is 2.88. The van der Waals surface area contributed by atoms with Gasteiger partial charge in [0.15, 0.2) is 0 Å². The maximum Gasteiger partial charge on any atom is 0.137 e. The standard InChI is InChI=1S/C15H21N3O/c19-14-6-2-1-5-12(14)9-16-10-13-11-18-8-4-3-7-15(18)17-13/h3-4,7-8,11-12,14,16,19H,1-2,5-6,9-10H2. The number of hydrogen-bond donors (Lipinski definition) is 2. The predicted molar refractivity (Wildman–Crippen MR) is 74.9 cm³/mol. The molecule has 102 valence electrons. The first-order valence-corrected chi connectivity index (χ1v) is 7.14. The maximum absolute atomic E-state index is 9.92. The number of imidazole rings is 1. The normalized spacial score (nSPS) is 23.8. The average Bonchev–Trinajstić information content (AvgIpc) is 2.83. The van der Waals surface area contributed by atoms with Crippen LogP contribution in [-0.4, -0.2) is 27.1 Å². The molecule has 2 N–H and O–H groups in total. The topological polar surface area (TPSA) is 49.6 Å². The Morgan fingerprint density at radius 1 is 1.32 bits per heavy atom. The van der Waals surface area contributed by atoms with E-state index >= 15 is 0 Å². The van der Waals surface area contributed by atoms with E-state index in [1.54, 1.807) is 0 Å². The zero-order valence-corrected chi connectivity index (χ0v) is 11.1. The Morgan fingerprint density at radius 2 is 2.21 bits per heavy atom. The highest BCUT2D eigenvalue weighted by Gasteiger charge is 2.22. The monoisotopic (exact) mass is 259 g/mol. The summed E-state index contributed by atoms with van der Waals surface area (Å²) >= 11 is 0. The third-order valence-electron chi connectivity index (χ3n) is 4.00. The number of aliphatic hydroxyl groups excluding tert-OH is 1. The van der Waals surface area contributed by atoms with Crippen LogP contribution in [0.5, 0.6) is 0 Å². The van der Waals surface area contributed by atoms with Gasteiger partial charge in [-0.25, -0.2) is 4.98 Å². The second-order valence-corrected chi connectivity index (χ2v) is 5.44. The van der Waals surface area contributed by atoms with Crippen LogP contribution in [0.25, 0.3) is 5.65 Å². The zero-order chi connectivity index (χ0) is 13.1. The van der Waals surface area contributed by atoms with Crippen LogP contribution in [-0.2, 0) is 6.54 Å². The van der Waals surface area contributed by atoms with Crippen LogP contribution in [0.3, 0.4) is 0 Å². The molecular weight excluding hydrogens is 238 g/mol. The highest BCUT2D eigenvalue weighted by Crippen LogP contribution is 2.23. The summed E-state index contributed by atoms with van der Waals surface area (Å²) in [5, 5.41) is 13.3. The Labute approximate surface area is 113 Å². The molecule has 4 nitrogen and oxygen atoms in total. The van der Waals surface area contributed by atoms with Gasteiger partial charge in [0.1, 0.15) is 5.65 Å². The van der Waals surface area contributed by atoms with Gasteiger partial charge in [0, 0.05) is 25.5 Å². The summed E-state index contributed by atoms with van der Waals surface area (Å²) in [6.07, 6.45) is 8.46. The molecule has 1 aliphatic rings.